The van der Waals surface area contributed by atoms with Crippen LogP contribution in [0.25, 0.3) is 0 Å². The molecule has 13 heavy (non-hydrogen) atoms. The van der Waals surface area contributed by atoms with Crippen LogP contribution in [0, 0.1) is 5.92 Å². The molecule has 1 unspecified atom stereocenters. The Balaban J connectivity index is 3.47. The number of hydrogen-bond donors (Lipinski definition) is 1. The first-order valence-corrected chi connectivity index (χ1v) is 6.16. The van der Waals surface area contributed by atoms with Gasteiger partial charge in [-0.3, -0.25) is 0 Å². The van der Waals surface area contributed by atoms with Crippen molar-refractivity contribution in [3.05, 3.63) is 0 Å². The van der Waals surface area contributed by atoms with E-state index in [1.807, 2.05) is 6.92 Å². The van der Waals surface area contributed by atoms with Crippen LogP contribution >= 0.6 is 0 Å². The summed E-state index contributed by atoms with van der Waals surface area (Å²) >= 11 is 0. The van der Waals surface area contributed by atoms with E-state index >= 15 is 0 Å². The highest BCUT2D eigenvalue weighted by Crippen LogP contribution is 2.05. The molecular weight excluding hydrogens is 190 g/mol. The van der Waals surface area contributed by atoms with E-state index in [0.717, 1.165) is 0 Å². The minimum absolute atomic E-state index is 0.00217. The third-order valence-electron chi connectivity index (χ3n) is 1.89. The Morgan fingerprint density at radius 3 is 2.23 bits per heavy atom. The summed E-state index contributed by atoms with van der Waals surface area (Å²) in [5, 5.41) is 4.83. The van der Waals surface area contributed by atoms with Gasteiger partial charge < -0.3 is 4.74 Å². The minimum Gasteiger partial charge on any atom is -0.378 e. The van der Waals surface area contributed by atoms with Crippen molar-refractivity contribution in [2.75, 3.05) is 12.4 Å². The number of ether oxygens (including phenoxy) is 1. The van der Waals surface area contributed by atoms with Gasteiger partial charge in [-0.25, -0.2) is 13.6 Å². The number of nitrogens with two attached hydrogens (primary N) is 1. The number of primary sulfonamides is 1. The predicted molar refractivity (Wildman–Crippen MR) is 52.8 cm³/mol. The largest absolute Gasteiger partial charge is 0.378 e. The second kappa shape index (κ2) is 5.57. The molecule has 80 valence electrons. The van der Waals surface area contributed by atoms with Crippen LogP contribution < -0.4 is 5.14 Å². The molecule has 1 atom stereocenters. The summed E-state index contributed by atoms with van der Waals surface area (Å²) < 4.78 is 26.4. The monoisotopic (exact) mass is 209 g/mol. The predicted octanol–water partition coefficient (Wildman–Crippen LogP) is 0.726. The molecule has 0 spiro atoms. The first-order valence-electron chi connectivity index (χ1n) is 4.45. The molecule has 0 saturated heterocycles. The van der Waals surface area contributed by atoms with Gasteiger partial charge in [0.05, 0.1) is 11.9 Å². The van der Waals surface area contributed by atoms with Crippen molar-refractivity contribution < 1.29 is 13.2 Å². The third-order valence-corrected chi connectivity index (χ3v) is 2.75. The van der Waals surface area contributed by atoms with E-state index in [1.54, 1.807) is 0 Å². The van der Waals surface area contributed by atoms with Gasteiger partial charge in [0.15, 0.2) is 0 Å². The summed E-state index contributed by atoms with van der Waals surface area (Å²) in [5.74, 6) is 0.451. The molecule has 0 radical (unpaired) electrons. The maximum Gasteiger partial charge on any atom is 0.209 e. The Morgan fingerprint density at radius 1 is 1.31 bits per heavy atom. The SMILES string of the molecule is CC(C)C(C)OCCCS(N)(=O)=O. The Labute approximate surface area is 80.5 Å². The Morgan fingerprint density at radius 2 is 1.85 bits per heavy atom. The highest BCUT2D eigenvalue weighted by Gasteiger charge is 2.07. The quantitative estimate of drug-likeness (QED) is 0.655. The summed E-state index contributed by atoms with van der Waals surface area (Å²) in [5.41, 5.74) is 0. The lowest BCUT2D eigenvalue weighted by Crippen LogP contribution is -2.20. The molecule has 0 aromatic carbocycles. The molecule has 5 heteroatoms. The molecule has 2 N–H and O–H groups in total. The summed E-state index contributed by atoms with van der Waals surface area (Å²) in [6.07, 6.45) is 0.635. The van der Waals surface area contributed by atoms with Crippen molar-refractivity contribution in [2.24, 2.45) is 11.1 Å². The van der Waals surface area contributed by atoms with Crippen molar-refractivity contribution in [2.45, 2.75) is 33.3 Å². The van der Waals surface area contributed by atoms with Gasteiger partial charge in [-0.15, -0.1) is 0 Å². The van der Waals surface area contributed by atoms with E-state index < -0.39 is 10.0 Å². The molecule has 0 fully saturated rings. The van der Waals surface area contributed by atoms with Crippen molar-refractivity contribution in [1.82, 2.24) is 0 Å². The second-order valence-corrected chi connectivity index (χ2v) is 5.27. The zero-order valence-electron chi connectivity index (χ0n) is 8.49. The summed E-state index contributed by atoms with van der Waals surface area (Å²) in [6.45, 7) is 6.55. The van der Waals surface area contributed by atoms with Crippen LogP contribution in [0.5, 0.6) is 0 Å². The summed E-state index contributed by atoms with van der Waals surface area (Å²) in [4.78, 5) is 0. The van der Waals surface area contributed by atoms with Crippen LogP contribution in [-0.4, -0.2) is 26.9 Å². The number of hydrogen-bond acceptors (Lipinski definition) is 3. The molecule has 0 aliphatic heterocycles. The minimum atomic E-state index is -3.32. The molecule has 4 nitrogen and oxygen atoms in total. The van der Waals surface area contributed by atoms with E-state index in [-0.39, 0.29) is 11.9 Å². The van der Waals surface area contributed by atoms with Gasteiger partial charge in [-0.2, -0.15) is 0 Å². The van der Waals surface area contributed by atoms with Crippen LogP contribution in [0.1, 0.15) is 27.2 Å². The second-order valence-electron chi connectivity index (χ2n) is 3.54. The fourth-order valence-corrected chi connectivity index (χ4v) is 1.24. The molecule has 0 aromatic heterocycles. The van der Waals surface area contributed by atoms with Crippen LogP contribution in [0.2, 0.25) is 0 Å². The Hall–Kier alpha value is -0.130. The molecule has 0 aromatic rings. The highest BCUT2D eigenvalue weighted by atomic mass is 32.2. The van der Waals surface area contributed by atoms with Crippen molar-refractivity contribution >= 4 is 10.0 Å². The molecular formula is C8H19NO3S. The lowest BCUT2D eigenvalue weighted by Gasteiger charge is -2.15. The maximum absolute atomic E-state index is 10.5. The molecule has 0 rings (SSSR count). The smallest absolute Gasteiger partial charge is 0.209 e. The fraction of sp³-hybridized carbons (Fsp3) is 1.00. The van der Waals surface area contributed by atoms with Crippen LogP contribution in [-0.2, 0) is 14.8 Å². The van der Waals surface area contributed by atoms with Gasteiger partial charge in [0.2, 0.25) is 10.0 Å². The van der Waals surface area contributed by atoms with E-state index in [4.69, 9.17) is 9.88 Å². The lowest BCUT2D eigenvalue weighted by molar-refractivity contribution is 0.0362. The van der Waals surface area contributed by atoms with Crippen molar-refractivity contribution in [1.29, 1.82) is 0 Å². The van der Waals surface area contributed by atoms with Crippen LogP contribution in [0.3, 0.4) is 0 Å². The average Bonchev–Trinajstić information content (AvgIpc) is 1.95. The lowest BCUT2D eigenvalue weighted by atomic mass is 10.1. The average molecular weight is 209 g/mol. The van der Waals surface area contributed by atoms with Gasteiger partial charge in [0.25, 0.3) is 0 Å². The van der Waals surface area contributed by atoms with Crippen molar-refractivity contribution in [3.63, 3.8) is 0 Å². The van der Waals surface area contributed by atoms with E-state index in [9.17, 15) is 8.42 Å². The molecule has 0 aliphatic rings. The van der Waals surface area contributed by atoms with E-state index in [0.29, 0.717) is 18.9 Å². The normalized spacial score (nSPS) is 14.8. The first kappa shape index (κ1) is 12.9. The molecule has 0 heterocycles. The van der Waals surface area contributed by atoms with Gasteiger partial charge in [0, 0.05) is 6.61 Å². The van der Waals surface area contributed by atoms with Gasteiger partial charge in [0.1, 0.15) is 0 Å². The van der Waals surface area contributed by atoms with Crippen molar-refractivity contribution in [3.8, 4) is 0 Å². The standard InChI is InChI=1S/C8H19NO3S/c1-7(2)8(3)12-5-4-6-13(9,10)11/h7-8H,4-6H2,1-3H3,(H2,9,10,11). The maximum atomic E-state index is 10.5. The van der Waals surface area contributed by atoms with Gasteiger partial charge in [-0.05, 0) is 19.3 Å². The van der Waals surface area contributed by atoms with Crippen LogP contribution in [0.4, 0.5) is 0 Å². The number of rotatable bonds is 6. The van der Waals surface area contributed by atoms with Gasteiger partial charge >= 0.3 is 0 Å². The third kappa shape index (κ3) is 8.21. The Bertz CT molecular complexity index is 224. The molecule has 0 bridgehead atoms. The molecule has 0 saturated carbocycles. The van der Waals surface area contributed by atoms with E-state index in [2.05, 4.69) is 13.8 Å². The zero-order valence-corrected chi connectivity index (χ0v) is 9.30. The highest BCUT2D eigenvalue weighted by molar-refractivity contribution is 7.89. The van der Waals surface area contributed by atoms with Crippen LogP contribution in [0.15, 0.2) is 0 Å². The summed E-state index contributed by atoms with van der Waals surface area (Å²) in [7, 11) is -3.32. The first-order chi connectivity index (χ1) is 5.83. The molecule has 0 aliphatic carbocycles. The fourth-order valence-electron chi connectivity index (χ4n) is 0.722. The summed E-state index contributed by atoms with van der Waals surface area (Å²) in [6, 6.07) is 0. The number of sulfonamides is 1. The van der Waals surface area contributed by atoms with Gasteiger partial charge in [-0.1, -0.05) is 13.8 Å². The van der Waals surface area contributed by atoms with E-state index in [1.165, 1.54) is 0 Å². The topological polar surface area (TPSA) is 69.4 Å². The zero-order chi connectivity index (χ0) is 10.5. The molecule has 0 amide bonds. The Kier molecular flexibility index (Phi) is 5.51.